The maximum Gasteiger partial charge on any atom is 0.227 e. The van der Waals surface area contributed by atoms with Crippen molar-refractivity contribution in [2.75, 3.05) is 12.4 Å². The van der Waals surface area contributed by atoms with Gasteiger partial charge in [-0.2, -0.15) is 0 Å². The van der Waals surface area contributed by atoms with Crippen LogP contribution in [0.3, 0.4) is 0 Å². The first-order valence-corrected chi connectivity index (χ1v) is 6.09. The number of allylic oxidation sites excluding steroid dienone is 1. The highest BCUT2D eigenvalue weighted by atomic mass is 79.9. The largest absolute Gasteiger partial charge is 0.392 e. The van der Waals surface area contributed by atoms with Crippen LogP contribution < -0.4 is 10.6 Å². The topological polar surface area (TPSA) is 73.7 Å². The van der Waals surface area contributed by atoms with Crippen LogP contribution in [0.1, 0.15) is 0 Å². The molecule has 0 aliphatic carbocycles. The second kappa shape index (κ2) is 5.59. The van der Waals surface area contributed by atoms with Crippen molar-refractivity contribution in [3.8, 4) is 0 Å². The summed E-state index contributed by atoms with van der Waals surface area (Å²) >= 11 is 3.40. The molecule has 0 bridgehead atoms. The molecule has 5 nitrogen and oxygen atoms in total. The van der Waals surface area contributed by atoms with Crippen molar-refractivity contribution in [3.63, 3.8) is 0 Å². The van der Waals surface area contributed by atoms with Crippen LogP contribution in [0.15, 0.2) is 40.8 Å². The number of anilines is 1. The second-order valence-corrected chi connectivity index (χ2v) is 4.47. The highest BCUT2D eigenvalue weighted by Gasteiger charge is 2.01. The summed E-state index contributed by atoms with van der Waals surface area (Å²) in [4.78, 5) is 8.57. The molecule has 0 radical (unpaired) electrons. The van der Waals surface area contributed by atoms with Crippen LogP contribution in [0.25, 0.3) is 10.9 Å². The molecule has 6 heteroatoms. The predicted molar refractivity (Wildman–Crippen MR) is 76.8 cm³/mol. The van der Waals surface area contributed by atoms with E-state index in [0.29, 0.717) is 11.6 Å². The lowest BCUT2D eigenvalue weighted by Crippen LogP contribution is -2.08. The van der Waals surface area contributed by atoms with Crippen LogP contribution in [0, 0.1) is 5.41 Å². The minimum atomic E-state index is 0.467. The molecule has 0 unspecified atom stereocenters. The molecule has 2 rings (SSSR count). The van der Waals surface area contributed by atoms with Gasteiger partial charge in [0.25, 0.3) is 0 Å². The van der Waals surface area contributed by atoms with Crippen molar-refractivity contribution in [2.45, 2.75) is 0 Å². The van der Waals surface area contributed by atoms with E-state index < -0.39 is 0 Å². The minimum Gasteiger partial charge on any atom is -0.392 e. The van der Waals surface area contributed by atoms with E-state index in [9.17, 15) is 0 Å². The van der Waals surface area contributed by atoms with Crippen molar-refractivity contribution >= 4 is 39.0 Å². The van der Waals surface area contributed by atoms with E-state index in [-0.39, 0.29) is 0 Å². The standard InChI is InChI=1S/C12H12BrN5/c1-15-7-10(5-14)17-12-16-6-8-4-9(13)2-3-11(8)18-12/h2-7,14-15H,1H3,(H,16,17,18)/b10-7+,14-5?. The van der Waals surface area contributed by atoms with Gasteiger partial charge in [0.15, 0.2) is 0 Å². The van der Waals surface area contributed by atoms with Crippen molar-refractivity contribution in [2.24, 2.45) is 0 Å². The Morgan fingerprint density at radius 3 is 3.00 bits per heavy atom. The molecule has 1 aromatic heterocycles. The number of hydrogen-bond donors (Lipinski definition) is 3. The van der Waals surface area contributed by atoms with Crippen LogP contribution in [0.2, 0.25) is 0 Å². The third-order valence-corrected chi connectivity index (χ3v) is 2.75. The van der Waals surface area contributed by atoms with Crippen molar-refractivity contribution < 1.29 is 0 Å². The molecule has 1 aromatic carbocycles. The lowest BCUT2D eigenvalue weighted by molar-refractivity contribution is 1.08. The van der Waals surface area contributed by atoms with Gasteiger partial charge in [-0.05, 0) is 18.2 Å². The molecule has 0 fully saturated rings. The average molecular weight is 306 g/mol. The summed E-state index contributed by atoms with van der Waals surface area (Å²) in [6, 6.07) is 5.80. The van der Waals surface area contributed by atoms with Gasteiger partial charge in [-0.3, -0.25) is 0 Å². The molecular formula is C12H12BrN5. The summed E-state index contributed by atoms with van der Waals surface area (Å²) in [5.41, 5.74) is 1.44. The zero-order valence-corrected chi connectivity index (χ0v) is 11.3. The third kappa shape index (κ3) is 2.84. The summed E-state index contributed by atoms with van der Waals surface area (Å²) < 4.78 is 0.995. The maximum absolute atomic E-state index is 7.25. The zero-order valence-electron chi connectivity index (χ0n) is 9.74. The zero-order chi connectivity index (χ0) is 13.0. The fraction of sp³-hybridized carbons (Fsp3) is 0.0833. The van der Waals surface area contributed by atoms with Gasteiger partial charge in [-0.25, -0.2) is 9.97 Å². The maximum atomic E-state index is 7.25. The Hall–Kier alpha value is -1.95. The SMILES string of the molecule is CN/C=C(\C=N)Nc1ncc2cc(Br)ccc2n1. The van der Waals surface area contributed by atoms with Crippen LogP contribution in [-0.2, 0) is 0 Å². The summed E-state index contributed by atoms with van der Waals surface area (Å²) in [7, 11) is 1.77. The Bertz CT molecular complexity index is 608. The Balaban J connectivity index is 2.33. The van der Waals surface area contributed by atoms with Crippen LogP contribution in [0.4, 0.5) is 5.95 Å². The van der Waals surface area contributed by atoms with Gasteiger partial charge >= 0.3 is 0 Å². The van der Waals surface area contributed by atoms with Gasteiger partial charge in [0, 0.05) is 35.5 Å². The number of halogens is 1. The molecule has 0 saturated carbocycles. The van der Waals surface area contributed by atoms with Crippen molar-refractivity contribution in [1.82, 2.24) is 15.3 Å². The summed E-state index contributed by atoms with van der Waals surface area (Å²) in [5, 5.41) is 14.0. The third-order valence-electron chi connectivity index (χ3n) is 2.25. The van der Waals surface area contributed by atoms with E-state index in [1.165, 1.54) is 6.21 Å². The van der Waals surface area contributed by atoms with Gasteiger partial charge in [-0.15, -0.1) is 0 Å². The highest BCUT2D eigenvalue weighted by Crippen LogP contribution is 2.18. The first kappa shape index (κ1) is 12.5. The molecule has 3 N–H and O–H groups in total. The fourth-order valence-corrected chi connectivity index (χ4v) is 1.84. The molecule has 0 amide bonds. The van der Waals surface area contributed by atoms with Crippen LogP contribution in [-0.4, -0.2) is 23.2 Å². The Morgan fingerprint density at radius 2 is 2.28 bits per heavy atom. The number of rotatable bonds is 4. The van der Waals surface area contributed by atoms with Gasteiger partial charge < -0.3 is 16.0 Å². The number of nitrogens with zero attached hydrogens (tertiary/aromatic N) is 2. The van der Waals surface area contributed by atoms with E-state index in [4.69, 9.17) is 5.41 Å². The smallest absolute Gasteiger partial charge is 0.227 e. The van der Waals surface area contributed by atoms with Gasteiger partial charge in [0.05, 0.1) is 11.2 Å². The first-order chi connectivity index (χ1) is 8.72. The molecule has 0 aliphatic rings. The highest BCUT2D eigenvalue weighted by molar-refractivity contribution is 9.10. The predicted octanol–water partition coefficient (Wildman–Crippen LogP) is 2.51. The van der Waals surface area contributed by atoms with E-state index in [1.807, 2.05) is 18.2 Å². The Morgan fingerprint density at radius 1 is 1.44 bits per heavy atom. The van der Waals surface area contributed by atoms with E-state index in [2.05, 4.69) is 36.5 Å². The number of hydrogen-bond acceptors (Lipinski definition) is 5. The van der Waals surface area contributed by atoms with E-state index in [1.54, 1.807) is 19.4 Å². The molecule has 2 aromatic rings. The molecule has 0 saturated heterocycles. The Kier molecular flexibility index (Phi) is 3.88. The Labute approximate surface area is 113 Å². The number of fused-ring (bicyclic) bond motifs is 1. The lowest BCUT2D eigenvalue weighted by atomic mass is 10.2. The molecular weight excluding hydrogens is 294 g/mol. The number of benzene rings is 1. The van der Waals surface area contributed by atoms with E-state index >= 15 is 0 Å². The molecule has 1 heterocycles. The molecule has 0 aliphatic heterocycles. The monoisotopic (exact) mass is 305 g/mol. The first-order valence-electron chi connectivity index (χ1n) is 5.30. The average Bonchev–Trinajstić information content (AvgIpc) is 2.38. The molecule has 0 atom stereocenters. The van der Waals surface area contributed by atoms with E-state index in [0.717, 1.165) is 15.4 Å². The lowest BCUT2D eigenvalue weighted by Gasteiger charge is -2.05. The van der Waals surface area contributed by atoms with Crippen LogP contribution >= 0.6 is 15.9 Å². The second-order valence-electron chi connectivity index (χ2n) is 3.55. The van der Waals surface area contributed by atoms with Gasteiger partial charge in [0.1, 0.15) is 0 Å². The fourth-order valence-electron chi connectivity index (χ4n) is 1.46. The summed E-state index contributed by atoms with van der Waals surface area (Å²) in [6.45, 7) is 0. The van der Waals surface area contributed by atoms with Crippen molar-refractivity contribution in [3.05, 3.63) is 40.8 Å². The van der Waals surface area contributed by atoms with Crippen LogP contribution in [0.5, 0.6) is 0 Å². The quantitative estimate of drug-likeness (QED) is 0.759. The number of aromatic nitrogens is 2. The molecule has 92 valence electrons. The molecule has 18 heavy (non-hydrogen) atoms. The normalized spacial score (nSPS) is 11.3. The number of nitrogens with one attached hydrogen (secondary N) is 3. The van der Waals surface area contributed by atoms with Gasteiger partial charge in [0.2, 0.25) is 5.95 Å². The van der Waals surface area contributed by atoms with Gasteiger partial charge in [-0.1, -0.05) is 15.9 Å². The molecule has 0 spiro atoms. The summed E-state index contributed by atoms with van der Waals surface area (Å²) in [5.74, 6) is 0.467. The van der Waals surface area contributed by atoms with Crippen molar-refractivity contribution in [1.29, 1.82) is 5.41 Å². The summed E-state index contributed by atoms with van der Waals surface area (Å²) in [6.07, 6.45) is 4.62. The minimum absolute atomic E-state index is 0.467.